The maximum Gasteiger partial charge on any atom is 0.133 e. The average Bonchev–Trinajstić information content (AvgIpc) is 2.87. The van der Waals surface area contributed by atoms with Crippen molar-refractivity contribution < 1.29 is 0 Å². The standard InChI is InChI=1S/C14H16BrN3S/c1-3-13-16-12(15)8-14(17-13)18-6-4-11-10(9(18)2)5-7-19-11/h5,7-9H,3-4,6H2,1-2H3. The molecule has 3 heterocycles. The second kappa shape index (κ2) is 5.21. The van der Waals surface area contributed by atoms with E-state index in [1.807, 2.05) is 17.4 Å². The van der Waals surface area contributed by atoms with Crippen LogP contribution in [-0.2, 0) is 12.8 Å². The van der Waals surface area contributed by atoms with E-state index in [2.05, 4.69) is 56.1 Å². The van der Waals surface area contributed by atoms with E-state index in [0.717, 1.165) is 35.6 Å². The Morgan fingerprint density at radius 2 is 2.32 bits per heavy atom. The maximum absolute atomic E-state index is 4.67. The topological polar surface area (TPSA) is 29.0 Å². The Balaban J connectivity index is 1.97. The first-order chi connectivity index (χ1) is 9.19. The summed E-state index contributed by atoms with van der Waals surface area (Å²) in [6.45, 7) is 5.37. The highest BCUT2D eigenvalue weighted by molar-refractivity contribution is 9.10. The van der Waals surface area contributed by atoms with Crippen molar-refractivity contribution in [3.63, 3.8) is 0 Å². The fraction of sp³-hybridized carbons (Fsp3) is 0.429. The molecule has 0 aromatic carbocycles. The van der Waals surface area contributed by atoms with Gasteiger partial charge >= 0.3 is 0 Å². The van der Waals surface area contributed by atoms with Crippen molar-refractivity contribution in [2.45, 2.75) is 32.7 Å². The van der Waals surface area contributed by atoms with E-state index in [1.165, 1.54) is 10.4 Å². The summed E-state index contributed by atoms with van der Waals surface area (Å²) >= 11 is 5.36. The van der Waals surface area contributed by atoms with Crippen LogP contribution in [0.5, 0.6) is 0 Å². The van der Waals surface area contributed by atoms with Crippen molar-refractivity contribution in [2.75, 3.05) is 11.4 Å². The molecule has 0 radical (unpaired) electrons. The fourth-order valence-electron chi connectivity index (χ4n) is 2.58. The lowest BCUT2D eigenvalue weighted by Crippen LogP contribution is -2.34. The van der Waals surface area contributed by atoms with E-state index >= 15 is 0 Å². The fourth-order valence-corrected chi connectivity index (χ4v) is 3.95. The molecule has 1 aliphatic rings. The summed E-state index contributed by atoms with van der Waals surface area (Å²) in [6.07, 6.45) is 1.97. The van der Waals surface area contributed by atoms with E-state index in [4.69, 9.17) is 0 Å². The smallest absolute Gasteiger partial charge is 0.133 e. The Labute approximate surface area is 125 Å². The molecule has 0 spiro atoms. The highest BCUT2D eigenvalue weighted by Crippen LogP contribution is 2.35. The predicted molar refractivity (Wildman–Crippen MR) is 82.9 cm³/mol. The van der Waals surface area contributed by atoms with Crippen LogP contribution >= 0.6 is 27.3 Å². The van der Waals surface area contributed by atoms with Gasteiger partial charge in [-0.3, -0.25) is 0 Å². The number of anilines is 1. The first-order valence-electron chi connectivity index (χ1n) is 6.55. The van der Waals surface area contributed by atoms with Gasteiger partial charge in [0.2, 0.25) is 0 Å². The van der Waals surface area contributed by atoms with Crippen LogP contribution in [0.4, 0.5) is 5.82 Å². The molecule has 2 aromatic rings. The number of rotatable bonds is 2. The molecule has 0 N–H and O–H groups in total. The third-order valence-corrected chi connectivity index (χ3v) is 5.02. The average molecular weight is 338 g/mol. The molecule has 1 atom stereocenters. The lowest BCUT2D eigenvalue weighted by atomic mass is 10.0. The molecule has 3 rings (SSSR count). The van der Waals surface area contributed by atoms with E-state index in [1.54, 1.807) is 0 Å². The number of hydrogen-bond acceptors (Lipinski definition) is 4. The van der Waals surface area contributed by atoms with Crippen molar-refractivity contribution in [3.05, 3.63) is 38.4 Å². The van der Waals surface area contributed by atoms with Gasteiger partial charge in [-0.2, -0.15) is 0 Å². The van der Waals surface area contributed by atoms with Crippen molar-refractivity contribution >= 4 is 33.1 Å². The quantitative estimate of drug-likeness (QED) is 0.776. The largest absolute Gasteiger partial charge is 0.349 e. The number of nitrogens with zero attached hydrogens (tertiary/aromatic N) is 3. The SMILES string of the molecule is CCc1nc(Br)cc(N2CCc3sccc3C2C)n1. The van der Waals surface area contributed by atoms with Gasteiger partial charge in [0.05, 0.1) is 6.04 Å². The molecule has 0 fully saturated rings. The molecule has 3 nitrogen and oxygen atoms in total. The molecule has 1 unspecified atom stereocenters. The van der Waals surface area contributed by atoms with E-state index in [-0.39, 0.29) is 0 Å². The van der Waals surface area contributed by atoms with Crippen LogP contribution in [0.25, 0.3) is 0 Å². The Morgan fingerprint density at radius 1 is 1.47 bits per heavy atom. The Kier molecular flexibility index (Phi) is 3.58. The zero-order chi connectivity index (χ0) is 13.4. The van der Waals surface area contributed by atoms with E-state index in [9.17, 15) is 0 Å². The number of thiophene rings is 1. The number of aromatic nitrogens is 2. The van der Waals surface area contributed by atoms with Crippen molar-refractivity contribution in [1.82, 2.24) is 9.97 Å². The number of fused-ring (bicyclic) bond motifs is 1. The van der Waals surface area contributed by atoms with E-state index in [0.29, 0.717) is 6.04 Å². The normalized spacial score (nSPS) is 18.5. The van der Waals surface area contributed by atoms with Crippen LogP contribution in [0, 0.1) is 0 Å². The zero-order valence-electron chi connectivity index (χ0n) is 11.1. The Morgan fingerprint density at radius 3 is 3.11 bits per heavy atom. The minimum Gasteiger partial charge on any atom is -0.349 e. The molecule has 100 valence electrons. The van der Waals surface area contributed by atoms with Crippen LogP contribution in [0.1, 0.15) is 36.2 Å². The summed E-state index contributed by atoms with van der Waals surface area (Å²) in [7, 11) is 0. The zero-order valence-corrected chi connectivity index (χ0v) is 13.5. The van der Waals surface area contributed by atoms with Gasteiger partial charge < -0.3 is 4.90 Å². The molecule has 0 amide bonds. The minimum absolute atomic E-state index is 0.390. The van der Waals surface area contributed by atoms with Gasteiger partial charge in [0.1, 0.15) is 16.2 Å². The monoisotopic (exact) mass is 337 g/mol. The second-order valence-electron chi connectivity index (χ2n) is 4.74. The lowest BCUT2D eigenvalue weighted by molar-refractivity contribution is 0.621. The molecule has 0 aliphatic carbocycles. The van der Waals surface area contributed by atoms with Crippen molar-refractivity contribution in [3.8, 4) is 0 Å². The van der Waals surface area contributed by atoms with Crippen molar-refractivity contribution in [1.29, 1.82) is 0 Å². The van der Waals surface area contributed by atoms with Gasteiger partial charge in [0, 0.05) is 23.9 Å². The summed E-state index contributed by atoms with van der Waals surface area (Å²) < 4.78 is 0.873. The molecular weight excluding hydrogens is 322 g/mol. The Bertz CT molecular complexity index is 596. The predicted octanol–water partition coefficient (Wildman–Crippen LogP) is 3.99. The molecule has 2 aromatic heterocycles. The highest BCUT2D eigenvalue weighted by atomic mass is 79.9. The van der Waals surface area contributed by atoms with Gasteiger partial charge in [-0.1, -0.05) is 6.92 Å². The number of halogens is 1. The summed E-state index contributed by atoms with van der Waals surface area (Å²) in [6, 6.07) is 4.65. The molecule has 0 saturated carbocycles. The molecule has 0 saturated heterocycles. The third kappa shape index (κ3) is 2.41. The first kappa shape index (κ1) is 13.1. The van der Waals surface area contributed by atoms with Gasteiger partial charge in [-0.15, -0.1) is 11.3 Å². The number of aryl methyl sites for hydroxylation is 1. The molecule has 5 heteroatoms. The van der Waals surface area contributed by atoms with Crippen LogP contribution in [-0.4, -0.2) is 16.5 Å². The summed E-state index contributed by atoms with van der Waals surface area (Å²) in [5.41, 5.74) is 1.45. The highest BCUT2D eigenvalue weighted by Gasteiger charge is 2.26. The summed E-state index contributed by atoms with van der Waals surface area (Å²) in [4.78, 5) is 13.0. The maximum atomic E-state index is 4.67. The second-order valence-corrected chi connectivity index (χ2v) is 6.55. The van der Waals surface area contributed by atoms with Crippen LogP contribution in [0.3, 0.4) is 0 Å². The Hall–Kier alpha value is -0.940. The van der Waals surface area contributed by atoms with Crippen LogP contribution in [0.2, 0.25) is 0 Å². The first-order valence-corrected chi connectivity index (χ1v) is 8.22. The summed E-state index contributed by atoms with van der Waals surface area (Å²) in [5, 5.41) is 2.19. The third-order valence-electron chi connectivity index (χ3n) is 3.62. The van der Waals surface area contributed by atoms with Crippen LogP contribution < -0.4 is 4.90 Å². The van der Waals surface area contributed by atoms with Gasteiger partial charge in [0.15, 0.2) is 0 Å². The molecule has 1 aliphatic heterocycles. The molecular formula is C14H16BrN3S. The lowest BCUT2D eigenvalue weighted by Gasteiger charge is -2.34. The number of hydrogen-bond donors (Lipinski definition) is 0. The van der Waals surface area contributed by atoms with Crippen molar-refractivity contribution in [2.24, 2.45) is 0 Å². The van der Waals surface area contributed by atoms with Gasteiger partial charge in [-0.25, -0.2) is 9.97 Å². The molecule has 0 bridgehead atoms. The minimum atomic E-state index is 0.390. The van der Waals surface area contributed by atoms with Crippen LogP contribution in [0.15, 0.2) is 22.1 Å². The van der Waals surface area contributed by atoms with E-state index < -0.39 is 0 Å². The van der Waals surface area contributed by atoms with Gasteiger partial charge in [-0.05, 0) is 46.3 Å². The molecule has 19 heavy (non-hydrogen) atoms. The summed E-state index contributed by atoms with van der Waals surface area (Å²) in [5.74, 6) is 1.93. The van der Waals surface area contributed by atoms with Gasteiger partial charge in [0.25, 0.3) is 0 Å².